The highest BCUT2D eigenvalue weighted by molar-refractivity contribution is 4.78. The van der Waals surface area contributed by atoms with E-state index < -0.39 is 0 Å². The van der Waals surface area contributed by atoms with Crippen LogP contribution in [0.25, 0.3) is 0 Å². The Morgan fingerprint density at radius 1 is 1.45 bits per heavy atom. The Morgan fingerprint density at radius 3 is 2.73 bits per heavy atom. The van der Waals surface area contributed by atoms with Gasteiger partial charge < -0.3 is 5.32 Å². The first-order valence-corrected chi connectivity index (χ1v) is 4.57. The largest absolute Gasteiger partial charge is 0.320 e. The normalized spacial score (nSPS) is 14.1. The minimum absolute atomic E-state index is 0.847. The van der Waals surface area contributed by atoms with Crippen LogP contribution < -0.4 is 5.32 Å². The number of hydrogen-bond acceptors (Lipinski definition) is 1. The van der Waals surface area contributed by atoms with E-state index in [1.54, 1.807) is 0 Å². The number of allylic oxidation sites excluding steroid dienone is 2. The third-order valence-electron chi connectivity index (χ3n) is 1.90. The predicted octanol–water partition coefficient (Wildman–Crippen LogP) is 2.59. The molecule has 0 bridgehead atoms. The molecular weight excluding hydrogens is 134 g/mol. The van der Waals surface area contributed by atoms with Gasteiger partial charge in [0.2, 0.25) is 0 Å². The number of hydrogen-bond donors (Lipinski definition) is 1. The van der Waals surface area contributed by atoms with Crippen LogP contribution in [-0.4, -0.2) is 13.6 Å². The molecule has 0 amide bonds. The zero-order valence-corrected chi connectivity index (χ0v) is 8.06. The van der Waals surface area contributed by atoms with Gasteiger partial charge in [-0.3, -0.25) is 0 Å². The van der Waals surface area contributed by atoms with E-state index in [1.807, 2.05) is 7.05 Å². The molecule has 1 atom stereocenters. The van der Waals surface area contributed by atoms with E-state index in [1.165, 1.54) is 19.3 Å². The first-order valence-electron chi connectivity index (χ1n) is 4.57. The summed E-state index contributed by atoms with van der Waals surface area (Å²) in [6, 6.07) is 0. The fraction of sp³-hybridized carbons (Fsp3) is 0.800. The van der Waals surface area contributed by atoms with Crippen LogP contribution in [0, 0.1) is 5.92 Å². The summed E-state index contributed by atoms with van der Waals surface area (Å²) in [6.45, 7) is 5.55. The van der Waals surface area contributed by atoms with E-state index in [2.05, 4.69) is 31.3 Å². The van der Waals surface area contributed by atoms with Crippen LogP contribution >= 0.6 is 0 Å². The molecule has 0 aliphatic rings. The van der Waals surface area contributed by atoms with Crippen molar-refractivity contribution >= 4 is 0 Å². The fourth-order valence-corrected chi connectivity index (χ4v) is 1.11. The monoisotopic (exact) mass is 155 g/mol. The Labute approximate surface area is 70.9 Å². The van der Waals surface area contributed by atoms with Gasteiger partial charge in [-0.05, 0) is 45.7 Å². The number of nitrogens with one attached hydrogen (secondary N) is 1. The second-order valence-corrected chi connectivity index (χ2v) is 3.16. The lowest BCUT2D eigenvalue weighted by atomic mass is 10.0. The molecule has 0 heterocycles. The predicted molar refractivity (Wildman–Crippen MR) is 51.8 cm³/mol. The summed E-state index contributed by atoms with van der Waals surface area (Å²) in [6.07, 6.45) is 8.26. The van der Waals surface area contributed by atoms with Crippen molar-refractivity contribution in [2.45, 2.75) is 33.1 Å². The molecular formula is C10H21N. The molecule has 1 nitrogen and oxygen atoms in total. The summed E-state index contributed by atoms with van der Waals surface area (Å²) in [4.78, 5) is 0. The molecule has 11 heavy (non-hydrogen) atoms. The second kappa shape index (κ2) is 7.80. The Hall–Kier alpha value is -0.300. The van der Waals surface area contributed by atoms with Crippen LogP contribution in [0.4, 0.5) is 0 Å². The first kappa shape index (κ1) is 10.7. The molecule has 0 radical (unpaired) electrons. The van der Waals surface area contributed by atoms with E-state index >= 15 is 0 Å². The maximum absolute atomic E-state index is 3.16. The van der Waals surface area contributed by atoms with Crippen molar-refractivity contribution in [2.24, 2.45) is 5.92 Å². The molecule has 0 rings (SSSR count). The van der Waals surface area contributed by atoms with E-state index in [0.717, 1.165) is 12.5 Å². The molecule has 0 aliphatic heterocycles. The SMILES string of the molecule is C/C=C\CC(C)CCCNC. The second-order valence-electron chi connectivity index (χ2n) is 3.16. The van der Waals surface area contributed by atoms with Crippen LogP contribution in [0.5, 0.6) is 0 Å². The van der Waals surface area contributed by atoms with E-state index in [9.17, 15) is 0 Å². The Morgan fingerprint density at radius 2 is 2.18 bits per heavy atom. The molecule has 0 aromatic carbocycles. The lowest BCUT2D eigenvalue weighted by Gasteiger charge is -2.07. The van der Waals surface area contributed by atoms with Gasteiger partial charge in [-0.1, -0.05) is 19.1 Å². The molecule has 0 aliphatic carbocycles. The highest BCUT2D eigenvalue weighted by Gasteiger charge is 1.97. The summed E-state index contributed by atoms with van der Waals surface area (Å²) in [5.41, 5.74) is 0. The topological polar surface area (TPSA) is 12.0 Å². The van der Waals surface area contributed by atoms with Crippen LogP contribution in [0.1, 0.15) is 33.1 Å². The molecule has 0 aromatic heterocycles. The zero-order chi connectivity index (χ0) is 8.53. The van der Waals surface area contributed by atoms with Crippen molar-refractivity contribution in [1.29, 1.82) is 0 Å². The van der Waals surface area contributed by atoms with E-state index in [-0.39, 0.29) is 0 Å². The Kier molecular flexibility index (Phi) is 7.59. The lowest BCUT2D eigenvalue weighted by molar-refractivity contribution is 0.507. The van der Waals surface area contributed by atoms with Gasteiger partial charge in [0, 0.05) is 0 Å². The summed E-state index contributed by atoms with van der Waals surface area (Å²) < 4.78 is 0. The van der Waals surface area contributed by atoms with Gasteiger partial charge in [0.1, 0.15) is 0 Å². The van der Waals surface area contributed by atoms with Crippen molar-refractivity contribution in [1.82, 2.24) is 5.32 Å². The molecule has 0 spiro atoms. The maximum atomic E-state index is 3.16. The van der Waals surface area contributed by atoms with Gasteiger partial charge in [0.05, 0.1) is 0 Å². The van der Waals surface area contributed by atoms with Crippen LogP contribution in [0.3, 0.4) is 0 Å². The molecule has 0 fully saturated rings. The fourth-order valence-electron chi connectivity index (χ4n) is 1.11. The van der Waals surface area contributed by atoms with Gasteiger partial charge in [0.25, 0.3) is 0 Å². The van der Waals surface area contributed by atoms with Crippen molar-refractivity contribution < 1.29 is 0 Å². The van der Waals surface area contributed by atoms with Gasteiger partial charge in [-0.25, -0.2) is 0 Å². The van der Waals surface area contributed by atoms with Crippen molar-refractivity contribution in [3.05, 3.63) is 12.2 Å². The van der Waals surface area contributed by atoms with E-state index in [4.69, 9.17) is 0 Å². The minimum atomic E-state index is 0.847. The molecule has 1 N–H and O–H groups in total. The summed E-state index contributed by atoms with van der Waals surface area (Å²) in [5, 5.41) is 3.16. The highest BCUT2D eigenvalue weighted by Crippen LogP contribution is 2.09. The standard InChI is InChI=1S/C10H21N/c1-4-5-7-10(2)8-6-9-11-3/h4-5,10-11H,6-9H2,1-3H3/b5-4-. The van der Waals surface area contributed by atoms with Crippen LogP contribution in [-0.2, 0) is 0 Å². The summed E-state index contributed by atoms with van der Waals surface area (Å²) >= 11 is 0. The third-order valence-corrected chi connectivity index (χ3v) is 1.90. The van der Waals surface area contributed by atoms with Gasteiger partial charge in [0.15, 0.2) is 0 Å². The van der Waals surface area contributed by atoms with Crippen LogP contribution in [0.15, 0.2) is 12.2 Å². The average molecular weight is 155 g/mol. The van der Waals surface area contributed by atoms with Gasteiger partial charge >= 0.3 is 0 Å². The molecule has 1 heteroatoms. The molecule has 1 unspecified atom stereocenters. The van der Waals surface area contributed by atoms with Gasteiger partial charge in [-0.2, -0.15) is 0 Å². The molecule has 0 saturated carbocycles. The summed E-state index contributed by atoms with van der Waals surface area (Å²) in [5.74, 6) is 0.847. The van der Waals surface area contributed by atoms with Crippen LogP contribution in [0.2, 0.25) is 0 Å². The summed E-state index contributed by atoms with van der Waals surface area (Å²) in [7, 11) is 2.01. The molecule has 0 saturated heterocycles. The maximum Gasteiger partial charge on any atom is -0.00518 e. The Balaban J connectivity index is 3.15. The smallest absolute Gasteiger partial charge is 0.00518 e. The zero-order valence-electron chi connectivity index (χ0n) is 8.06. The average Bonchev–Trinajstić information content (AvgIpc) is 2.01. The van der Waals surface area contributed by atoms with Crippen molar-refractivity contribution in [2.75, 3.05) is 13.6 Å². The van der Waals surface area contributed by atoms with Gasteiger partial charge in [-0.15, -0.1) is 0 Å². The Bertz CT molecular complexity index is 97.0. The minimum Gasteiger partial charge on any atom is -0.320 e. The highest BCUT2D eigenvalue weighted by atomic mass is 14.8. The molecule has 66 valence electrons. The lowest BCUT2D eigenvalue weighted by Crippen LogP contribution is -2.08. The third kappa shape index (κ3) is 7.60. The van der Waals surface area contributed by atoms with Crippen molar-refractivity contribution in [3.63, 3.8) is 0 Å². The van der Waals surface area contributed by atoms with E-state index in [0.29, 0.717) is 0 Å². The first-order chi connectivity index (χ1) is 5.31. The molecule has 0 aromatic rings. The number of rotatable bonds is 6. The quantitative estimate of drug-likeness (QED) is 0.459. The van der Waals surface area contributed by atoms with Crippen molar-refractivity contribution in [3.8, 4) is 0 Å².